The Labute approximate surface area is 259 Å². The molecule has 1 aliphatic rings. The molecule has 3 heterocycles. The molecule has 0 saturated heterocycles. The minimum Gasteiger partial charge on any atom is -0.331 e. The second-order valence-corrected chi connectivity index (χ2v) is 13.5. The summed E-state index contributed by atoms with van der Waals surface area (Å²) in [6.07, 6.45) is 1.64. The summed E-state index contributed by atoms with van der Waals surface area (Å²) < 4.78 is 22.2. The zero-order valence-electron chi connectivity index (χ0n) is 27.3. The Morgan fingerprint density at radius 3 is 1.98 bits per heavy atom. The summed E-state index contributed by atoms with van der Waals surface area (Å²) >= 11 is 0. The number of benzene rings is 3. The van der Waals surface area contributed by atoms with E-state index in [0.29, 0.717) is 24.8 Å². The molecule has 228 valence electrons. The first-order valence-corrected chi connectivity index (χ1v) is 15.9. The van der Waals surface area contributed by atoms with Gasteiger partial charge in [0.05, 0.1) is 39.6 Å². The van der Waals surface area contributed by atoms with Crippen LogP contribution in [0.2, 0.25) is 0 Å². The Balaban J connectivity index is 1.06. The van der Waals surface area contributed by atoms with Crippen LogP contribution < -0.4 is 0 Å². The summed E-state index contributed by atoms with van der Waals surface area (Å²) in [6.45, 7) is 16.0. The van der Waals surface area contributed by atoms with Gasteiger partial charge in [-0.25, -0.2) is 19.3 Å². The fourth-order valence-electron chi connectivity index (χ4n) is 7.15. The summed E-state index contributed by atoms with van der Waals surface area (Å²) in [7, 11) is 2.02. The van der Waals surface area contributed by atoms with Gasteiger partial charge in [0.25, 0.3) is 0 Å². The van der Waals surface area contributed by atoms with E-state index in [4.69, 9.17) is 9.97 Å². The topological polar surface area (TPSA) is 53.5 Å². The summed E-state index contributed by atoms with van der Waals surface area (Å²) in [4.78, 5) is 14.4. The van der Waals surface area contributed by atoms with Gasteiger partial charge >= 0.3 is 0 Å². The van der Waals surface area contributed by atoms with Crippen LogP contribution in [0.3, 0.4) is 0 Å². The fourth-order valence-corrected chi connectivity index (χ4v) is 7.15. The van der Waals surface area contributed by atoms with E-state index < -0.39 is 6.17 Å². The maximum Gasteiger partial charge on any atom is 0.122 e. The van der Waals surface area contributed by atoms with Crippen molar-refractivity contribution < 1.29 is 4.39 Å². The molecule has 0 radical (unpaired) electrons. The average Bonchev–Trinajstić information content (AvgIpc) is 3.44. The van der Waals surface area contributed by atoms with Crippen molar-refractivity contribution in [1.29, 1.82) is 0 Å². The van der Waals surface area contributed by atoms with Gasteiger partial charge in [0.15, 0.2) is 0 Å². The van der Waals surface area contributed by atoms with Crippen LogP contribution in [0.1, 0.15) is 57.3 Å². The molecule has 1 aliphatic carbocycles. The van der Waals surface area contributed by atoms with Crippen molar-refractivity contribution in [3.05, 3.63) is 87.3 Å². The zero-order chi connectivity index (χ0) is 31.0. The van der Waals surface area contributed by atoms with Gasteiger partial charge in [-0.2, -0.15) is 0 Å². The molecule has 3 aromatic heterocycles. The lowest BCUT2D eigenvalue weighted by Gasteiger charge is -2.14. The van der Waals surface area contributed by atoms with Gasteiger partial charge in [-0.05, 0) is 143 Å². The molecule has 44 heavy (non-hydrogen) atoms. The van der Waals surface area contributed by atoms with Crippen LogP contribution in [-0.2, 0) is 33.0 Å². The highest BCUT2D eigenvalue weighted by Gasteiger charge is 2.38. The normalized spacial score (nSPS) is 17.4. The zero-order valence-corrected chi connectivity index (χ0v) is 27.3. The van der Waals surface area contributed by atoms with Gasteiger partial charge in [-0.1, -0.05) is 0 Å². The van der Waals surface area contributed by atoms with E-state index in [1.54, 1.807) is 0 Å². The SMILES string of the molecule is Cc1cc2nc(C)n(CC3CC3Cc3cc4nc(C)n(CC(F)Cc5cc6nc(C)n(C)c6cc5C)c4cc3C)c2cc1C. The lowest BCUT2D eigenvalue weighted by atomic mass is 10.0. The van der Waals surface area contributed by atoms with Gasteiger partial charge in [0.2, 0.25) is 0 Å². The van der Waals surface area contributed by atoms with E-state index in [2.05, 4.69) is 89.7 Å². The monoisotopic (exact) mass is 590 g/mol. The number of rotatable bonds is 8. The third-order valence-corrected chi connectivity index (χ3v) is 10.3. The smallest absolute Gasteiger partial charge is 0.122 e. The molecule has 1 fully saturated rings. The van der Waals surface area contributed by atoms with Crippen molar-refractivity contribution in [2.75, 3.05) is 0 Å². The van der Waals surface area contributed by atoms with Gasteiger partial charge in [0, 0.05) is 20.0 Å². The number of alkyl halides is 1. The molecule has 0 N–H and O–H groups in total. The van der Waals surface area contributed by atoms with E-state index in [1.807, 2.05) is 20.9 Å². The molecule has 3 aromatic carbocycles. The van der Waals surface area contributed by atoms with Crippen molar-refractivity contribution in [2.45, 2.75) is 87.0 Å². The Bertz CT molecular complexity index is 2080. The van der Waals surface area contributed by atoms with Crippen molar-refractivity contribution in [3.63, 3.8) is 0 Å². The van der Waals surface area contributed by atoms with E-state index in [0.717, 1.165) is 69.1 Å². The number of hydrogen-bond donors (Lipinski definition) is 0. The van der Waals surface area contributed by atoms with Crippen LogP contribution in [-0.4, -0.2) is 34.8 Å². The molecule has 7 rings (SSSR count). The number of aryl methyl sites for hydroxylation is 8. The van der Waals surface area contributed by atoms with Crippen molar-refractivity contribution >= 4 is 33.1 Å². The molecule has 7 heteroatoms. The maximum absolute atomic E-state index is 15.7. The van der Waals surface area contributed by atoms with E-state index in [9.17, 15) is 0 Å². The molecule has 3 unspecified atom stereocenters. The number of fused-ring (bicyclic) bond motifs is 3. The highest BCUT2D eigenvalue weighted by Crippen LogP contribution is 2.44. The molecule has 1 saturated carbocycles. The van der Waals surface area contributed by atoms with Crippen LogP contribution in [0.5, 0.6) is 0 Å². The lowest BCUT2D eigenvalue weighted by molar-refractivity contribution is 0.294. The summed E-state index contributed by atoms with van der Waals surface area (Å²) in [6, 6.07) is 13.2. The Morgan fingerprint density at radius 1 is 0.659 bits per heavy atom. The molecule has 6 aromatic rings. The number of aromatic nitrogens is 6. The minimum absolute atomic E-state index is 0.293. The van der Waals surface area contributed by atoms with Crippen molar-refractivity contribution in [2.24, 2.45) is 18.9 Å². The van der Waals surface area contributed by atoms with E-state index in [1.165, 1.54) is 34.2 Å². The van der Waals surface area contributed by atoms with Crippen molar-refractivity contribution in [1.82, 2.24) is 28.7 Å². The van der Waals surface area contributed by atoms with E-state index in [-0.39, 0.29) is 0 Å². The summed E-state index contributed by atoms with van der Waals surface area (Å²) in [5.41, 5.74) is 13.7. The van der Waals surface area contributed by atoms with Gasteiger partial charge in [-0.15, -0.1) is 0 Å². The largest absolute Gasteiger partial charge is 0.331 e. The number of nitrogens with zero attached hydrogens (tertiary/aromatic N) is 6. The molecule has 0 aliphatic heterocycles. The molecule has 0 spiro atoms. The number of imidazole rings is 3. The maximum atomic E-state index is 15.7. The predicted molar refractivity (Wildman–Crippen MR) is 177 cm³/mol. The standard InChI is InChI=1S/C37H43FN6/c1-20-9-32-36(10-21(20)2)43(25(6)40-32)18-30-14-29(30)13-27-16-34-37(12-23(27)4)44(26(7)41-34)19-31(38)15-28-17-33-35(11-22(28)3)42(8)24(5)39-33/h9-12,16-17,29-31H,13-15,18-19H2,1-8H3. The average molecular weight is 591 g/mol. The molecule has 0 amide bonds. The highest BCUT2D eigenvalue weighted by molar-refractivity contribution is 5.80. The van der Waals surface area contributed by atoms with Crippen LogP contribution in [0.4, 0.5) is 4.39 Å². The molecular formula is C37H43FN6. The Kier molecular flexibility index (Phi) is 6.91. The molecule has 0 bridgehead atoms. The second-order valence-electron chi connectivity index (χ2n) is 13.5. The first-order chi connectivity index (χ1) is 21.0. The Hall–Kier alpha value is -4.00. The first kappa shape index (κ1) is 28.8. The summed E-state index contributed by atoms with van der Waals surface area (Å²) in [5.74, 6) is 4.25. The molecule has 3 atom stereocenters. The van der Waals surface area contributed by atoms with E-state index >= 15 is 4.39 Å². The van der Waals surface area contributed by atoms with Gasteiger partial charge < -0.3 is 13.7 Å². The molecular weight excluding hydrogens is 547 g/mol. The third-order valence-electron chi connectivity index (χ3n) is 10.3. The number of halogens is 1. The molecule has 6 nitrogen and oxygen atoms in total. The lowest BCUT2D eigenvalue weighted by Crippen LogP contribution is -2.16. The fraction of sp³-hybridized carbons (Fsp3) is 0.432. The quantitative estimate of drug-likeness (QED) is 0.181. The Morgan fingerprint density at radius 2 is 1.20 bits per heavy atom. The van der Waals surface area contributed by atoms with Gasteiger partial charge in [0.1, 0.15) is 23.6 Å². The highest BCUT2D eigenvalue weighted by atomic mass is 19.1. The summed E-state index contributed by atoms with van der Waals surface area (Å²) in [5, 5.41) is 0. The van der Waals surface area contributed by atoms with Crippen LogP contribution in [0.15, 0.2) is 36.4 Å². The third kappa shape index (κ3) is 5.00. The van der Waals surface area contributed by atoms with Crippen LogP contribution >= 0.6 is 0 Å². The second kappa shape index (κ2) is 10.6. The van der Waals surface area contributed by atoms with Gasteiger partial charge in [-0.3, -0.25) is 0 Å². The van der Waals surface area contributed by atoms with Crippen LogP contribution in [0, 0.1) is 60.3 Å². The first-order valence-electron chi connectivity index (χ1n) is 15.9. The minimum atomic E-state index is -1.02. The predicted octanol–water partition coefficient (Wildman–Crippen LogP) is 7.89. The van der Waals surface area contributed by atoms with Crippen molar-refractivity contribution in [3.8, 4) is 0 Å². The van der Waals surface area contributed by atoms with Crippen LogP contribution in [0.25, 0.3) is 33.1 Å². The number of hydrogen-bond acceptors (Lipinski definition) is 3.